The van der Waals surface area contributed by atoms with Crippen molar-refractivity contribution in [2.75, 3.05) is 0 Å². The van der Waals surface area contributed by atoms with Gasteiger partial charge in [0.15, 0.2) is 0 Å². The monoisotopic (exact) mass is 302 g/mol. The summed E-state index contributed by atoms with van der Waals surface area (Å²) >= 11 is 0. The number of ether oxygens (including phenoxy) is 1. The van der Waals surface area contributed by atoms with E-state index in [1.807, 2.05) is 13.0 Å². The van der Waals surface area contributed by atoms with E-state index in [4.69, 9.17) is 4.74 Å². The Morgan fingerprint density at radius 3 is 2.50 bits per heavy atom. The Morgan fingerprint density at radius 1 is 1.23 bits per heavy atom. The number of hydrogen-bond acceptors (Lipinski definition) is 2. The molecule has 0 fully saturated rings. The summed E-state index contributed by atoms with van der Waals surface area (Å²) in [6.45, 7) is 12.6. The summed E-state index contributed by atoms with van der Waals surface area (Å²) in [6, 6.07) is 6.08. The van der Waals surface area contributed by atoms with Crippen LogP contribution in [0.25, 0.3) is 0 Å². The topological polar surface area (TPSA) is 26.3 Å². The van der Waals surface area contributed by atoms with E-state index in [0.717, 1.165) is 29.7 Å². The van der Waals surface area contributed by atoms with Crippen LogP contribution in [0.1, 0.15) is 70.9 Å². The summed E-state index contributed by atoms with van der Waals surface area (Å²) in [5.41, 5.74) is 3.54. The highest BCUT2D eigenvalue weighted by Crippen LogP contribution is 2.28. The van der Waals surface area contributed by atoms with Gasteiger partial charge < -0.3 is 4.74 Å². The normalized spacial score (nSPS) is 12.1. The molecular weight excluding hydrogens is 272 g/mol. The molecule has 0 aliphatic rings. The molecule has 0 aliphatic heterocycles. The van der Waals surface area contributed by atoms with Gasteiger partial charge in [0.05, 0.1) is 0 Å². The third-order valence-electron chi connectivity index (χ3n) is 3.74. The maximum atomic E-state index is 12.2. The number of allylic oxidation sites excluding steroid dienone is 2. The third kappa shape index (κ3) is 6.46. The molecule has 0 aromatic heterocycles. The summed E-state index contributed by atoms with van der Waals surface area (Å²) in [5, 5.41) is 0. The lowest BCUT2D eigenvalue weighted by atomic mass is 10.00. The van der Waals surface area contributed by atoms with E-state index in [0.29, 0.717) is 18.3 Å². The molecule has 2 nitrogen and oxygen atoms in total. The van der Waals surface area contributed by atoms with Gasteiger partial charge in [-0.2, -0.15) is 0 Å². The van der Waals surface area contributed by atoms with Crippen LogP contribution in [-0.4, -0.2) is 5.97 Å². The number of carbonyl (C=O) groups excluding carboxylic acids is 1. The van der Waals surface area contributed by atoms with E-state index in [-0.39, 0.29) is 5.97 Å². The molecule has 0 N–H and O–H groups in total. The number of aryl methyl sites for hydroxylation is 1. The highest BCUT2D eigenvalue weighted by molar-refractivity contribution is 5.73. The van der Waals surface area contributed by atoms with E-state index >= 15 is 0 Å². The molecule has 0 heterocycles. The van der Waals surface area contributed by atoms with Crippen molar-refractivity contribution in [3.05, 3.63) is 41.0 Å². The van der Waals surface area contributed by atoms with E-state index in [2.05, 4.69) is 52.8 Å². The maximum Gasteiger partial charge on any atom is 0.311 e. The molecule has 0 radical (unpaired) electrons. The van der Waals surface area contributed by atoms with Crippen LogP contribution in [-0.2, 0) is 4.79 Å². The summed E-state index contributed by atoms with van der Waals surface area (Å²) in [5.74, 6) is 1.28. The van der Waals surface area contributed by atoms with Crippen LogP contribution in [0.4, 0.5) is 0 Å². The molecule has 0 saturated heterocycles. The molecule has 0 amide bonds. The molecule has 0 spiro atoms. The van der Waals surface area contributed by atoms with Gasteiger partial charge in [-0.25, -0.2) is 0 Å². The van der Waals surface area contributed by atoms with Gasteiger partial charge in [0.25, 0.3) is 0 Å². The lowest BCUT2D eigenvalue weighted by molar-refractivity contribution is -0.135. The highest BCUT2D eigenvalue weighted by Gasteiger charge is 2.14. The van der Waals surface area contributed by atoms with Gasteiger partial charge in [-0.3, -0.25) is 4.79 Å². The van der Waals surface area contributed by atoms with Crippen molar-refractivity contribution in [3.8, 4) is 5.75 Å². The molecule has 22 heavy (non-hydrogen) atoms. The van der Waals surface area contributed by atoms with Crippen LogP contribution >= 0.6 is 0 Å². The molecule has 1 rings (SSSR count). The van der Waals surface area contributed by atoms with Crippen molar-refractivity contribution in [2.45, 2.75) is 66.7 Å². The molecule has 2 heteroatoms. The lowest BCUT2D eigenvalue weighted by Gasteiger charge is -2.15. The van der Waals surface area contributed by atoms with Crippen molar-refractivity contribution >= 4 is 5.97 Å². The van der Waals surface area contributed by atoms with Crippen LogP contribution in [0.2, 0.25) is 0 Å². The van der Waals surface area contributed by atoms with Crippen LogP contribution < -0.4 is 4.74 Å². The Labute approximate surface area is 135 Å². The third-order valence-corrected chi connectivity index (χ3v) is 3.74. The fourth-order valence-electron chi connectivity index (χ4n) is 2.41. The van der Waals surface area contributed by atoms with Gasteiger partial charge in [-0.05, 0) is 62.6 Å². The molecule has 1 atom stereocenters. The second-order valence-electron chi connectivity index (χ2n) is 6.84. The fraction of sp³-hybridized carbons (Fsp3) is 0.550. The van der Waals surface area contributed by atoms with E-state index < -0.39 is 0 Å². The minimum Gasteiger partial charge on any atom is -0.426 e. The minimum atomic E-state index is -0.128. The van der Waals surface area contributed by atoms with Gasteiger partial charge in [-0.15, -0.1) is 0 Å². The second kappa shape index (κ2) is 8.77. The zero-order valence-electron chi connectivity index (χ0n) is 14.9. The second-order valence-corrected chi connectivity index (χ2v) is 6.84. The minimum absolute atomic E-state index is 0.128. The number of rotatable bonds is 7. The first-order valence-electron chi connectivity index (χ1n) is 8.24. The Hall–Kier alpha value is -1.57. The predicted molar refractivity (Wildman–Crippen MR) is 93.3 cm³/mol. The largest absolute Gasteiger partial charge is 0.426 e. The van der Waals surface area contributed by atoms with Gasteiger partial charge in [-0.1, -0.05) is 44.6 Å². The number of hydrogen-bond donors (Lipinski definition) is 0. The smallest absolute Gasteiger partial charge is 0.311 e. The number of esters is 1. The van der Waals surface area contributed by atoms with Crippen LogP contribution in [0.5, 0.6) is 5.75 Å². The van der Waals surface area contributed by atoms with Crippen LogP contribution in [0.15, 0.2) is 29.8 Å². The predicted octanol–water partition coefficient (Wildman–Crippen LogP) is 5.80. The first-order valence-corrected chi connectivity index (χ1v) is 8.24. The zero-order chi connectivity index (χ0) is 16.7. The molecule has 1 aromatic carbocycles. The first-order chi connectivity index (χ1) is 10.3. The SMILES string of the molecule is CC(C)=CCCC(C)CC(=O)Oc1cc(C)ccc1C(C)C. The number of carbonyl (C=O) groups is 1. The van der Waals surface area contributed by atoms with Gasteiger partial charge in [0.2, 0.25) is 0 Å². The summed E-state index contributed by atoms with van der Waals surface area (Å²) in [4.78, 5) is 12.2. The van der Waals surface area contributed by atoms with Crippen molar-refractivity contribution in [1.29, 1.82) is 0 Å². The van der Waals surface area contributed by atoms with E-state index in [1.54, 1.807) is 0 Å². The molecule has 0 saturated carbocycles. The highest BCUT2D eigenvalue weighted by atomic mass is 16.5. The molecule has 1 aromatic rings. The molecule has 0 bridgehead atoms. The Kier molecular flexibility index (Phi) is 7.37. The van der Waals surface area contributed by atoms with Gasteiger partial charge in [0.1, 0.15) is 5.75 Å². The molecule has 0 aliphatic carbocycles. The summed E-state index contributed by atoms with van der Waals surface area (Å²) in [6.07, 6.45) is 4.74. The van der Waals surface area contributed by atoms with Crippen molar-refractivity contribution in [2.24, 2.45) is 5.92 Å². The Bertz CT molecular complexity index is 523. The lowest BCUT2D eigenvalue weighted by Crippen LogP contribution is -2.13. The zero-order valence-corrected chi connectivity index (χ0v) is 14.9. The first kappa shape index (κ1) is 18.5. The van der Waals surface area contributed by atoms with E-state index in [9.17, 15) is 4.79 Å². The Morgan fingerprint density at radius 2 is 1.91 bits per heavy atom. The van der Waals surface area contributed by atoms with Gasteiger partial charge >= 0.3 is 5.97 Å². The van der Waals surface area contributed by atoms with Crippen LogP contribution in [0.3, 0.4) is 0 Å². The summed E-state index contributed by atoms with van der Waals surface area (Å²) < 4.78 is 5.63. The number of benzene rings is 1. The van der Waals surface area contributed by atoms with Crippen molar-refractivity contribution in [1.82, 2.24) is 0 Å². The average Bonchev–Trinajstić information content (AvgIpc) is 2.37. The van der Waals surface area contributed by atoms with Gasteiger partial charge in [0, 0.05) is 6.42 Å². The molecular formula is C20H30O2. The van der Waals surface area contributed by atoms with Crippen molar-refractivity contribution < 1.29 is 9.53 Å². The fourth-order valence-corrected chi connectivity index (χ4v) is 2.41. The average molecular weight is 302 g/mol. The quantitative estimate of drug-likeness (QED) is 0.361. The van der Waals surface area contributed by atoms with Crippen molar-refractivity contribution in [3.63, 3.8) is 0 Å². The summed E-state index contributed by atoms with van der Waals surface area (Å²) in [7, 11) is 0. The van der Waals surface area contributed by atoms with Crippen LogP contribution in [0, 0.1) is 12.8 Å². The van der Waals surface area contributed by atoms with E-state index in [1.165, 1.54) is 5.57 Å². The molecule has 122 valence electrons. The maximum absolute atomic E-state index is 12.2. The standard InChI is InChI=1S/C20H30O2/c1-14(2)8-7-9-16(5)13-20(21)22-19-12-17(6)10-11-18(19)15(3)4/h8,10-12,15-16H,7,9,13H2,1-6H3. The Balaban J connectivity index is 2.61. The molecule has 1 unspecified atom stereocenters.